The van der Waals surface area contributed by atoms with Gasteiger partial charge in [-0.05, 0) is 72.7 Å². The van der Waals surface area contributed by atoms with Gasteiger partial charge in [0.25, 0.3) is 11.8 Å². The smallest absolute Gasteiger partial charge is 0.272 e. The number of rotatable bonds is 11. The SMILES string of the molecule is COc1ccccc1NC(=O)C(Sc1ccc(NC(=O)/C(=C/c2cccc(C)c2)NC(=O)c2ccccc2)cc1)c1ccccc1. The molecule has 0 aliphatic heterocycles. The first-order chi connectivity index (χ1) is 22.4. The second-order valence-corrected chi connectivity index (χ2v) is 11.5. The molecule has 0 saturated heterocycles. The van der Waals surface area contributed by atoms with Gasteiger partial charge in [0.2, 0.25) is 5.91 Å². The molecule has 5 aromatic rings. The van der Waals surface area contributed by atoms with Crippen molar-refractivity contribution in [1.29, 1.82) is 0 Å². The van der Waals surface area contributed by atoms with E-state index in [9.17, 15) is 14.4 Å². The van der Waals surface area contributed by atoms with Crippen LogP contribution in [0.3, 0.4) is 0 Å². The largest absolute Gasteiger partial charge is 0.495 e. The lowest BCUT2D eigenvalue weighted by atomic mass is 10.1. The Morgan fingerprint density at radius 2 is 1.41 bits per heavy atom. The van der Waals surface area contributed by atoms with Crippen molar-refractivity contribution < 1.29 is 19.1 Å². The van der Waals surface area contributed by atoms with Crippen molar-refractivity contribution in [3.63, 3.8) is 0 Å². The number of nitrogens with one attached hydrogen (secondary N) is 3. The molecule has 230 valence electrons. The Morgan fingerprint density at radius 3 is 2.11 bits per heavy atom. The van der Waals surface area contributed by atoms with Crippen LogP contribution in [0.2, 0.25) is 0 Å². The molecular formula is C38H33N3O4S. The molecule has 3 N–H and O–H groups in total. The summed E-state index contributed by atoms with van der Waals surface area (Å²) in [7, 11) is 1.56. The predicted octanol–water partition coefficient (Wildman–Crippen LogP) is 7.89. The third kappa shape index (κ3) is 8.52. The first-order valence-electron chi connectivity index (χ1n) is 14.6. The first-order valence-corrected chi connectivity index (χ1v) is 15.5. The van der Waals surface area contributed by atoms with Gasteiger partial charge in [0.05, 0.1) is 12.8 Å². The van der Waals surface area contributed by atoms with Crippen LogP contribution in [0.5, 0.6) is 5.75 Å². The van der Waals surface area contributed by atoms with Crippen molar-refractivity contribution in [1.82, 2.24) is 5.32 Å². The molecule has 0 aliphatic carbocycles. The monoisotopic (exact) mass is 627 g/mol. The van der Waals surface area contributed by atoms with E-state index in [-0.39, 0.29) is 17.5 Å². The van der Waals surface area contributed by atoms with Gasteiger partial charge < -0.3 is 20.7 Å². The lowest BCUT2D eigenvalue weighted by Crippen LogP contribution is -2.30. The van der Waals surface area contributed by atoms with Crippen molar-refractivity contribution in [2.75, 3.05) is 17.7 Å². The number of carbonyl (C=O) groups excluding carboxylic acids is 3. The van der Waals surface area contributed by atoms with E-state index in [4.69, 9.17) is 4.74 Å². The van der Waals surface area contributed by atoms with E-state index in [1.54, 1.807) is 61.7 Å². The van der Waals surface area contributed by atoms with Crippen molar-refractivity contribution >= 4 is 46.9 Å². The molecule has 0 fully saturated rings. The number of methoxy groups -OCH3 is 1. The van der Waals surface area contributed by atoms with E-state index in [0.717, 1.165) is 21.6 Å². The third-order valence-corrected chi connectivity index (χ3v) is 8.22. The summed E-state index contributed by atoms with van der Waals surface area (Å²) in [6, 6.07) is 40.4. The number of benzene rings is 5. The summed E-state index contributed by atoms with van der Waals surface area (Å²) < 4.78 is 5.41. The summed E-state index contributed by atoms with van der Waals surface area (Å²) >= 11 is 1.39. The highest BCUT2D eigenvalue weighted by molar-refractivity contribution is 8.00. The number of para-hydroxylation sites is 2. The molecule has 5 rings (SSSR count). The zero-order valence-corrected chi connectivity index (χ0v) is 26.2. The fourth-order valence-corrected chi connectivity index (χ4v) is 5.69. The number of hydrogen-bond acceptors (Lipinski definition) is 5. The van der Waals surface area contributed by atoms with Gasteiger partial charge in [0, 0.05) is 16.1 Å². The summed E-state index contributed by atoms with van der Waals surface area (Å²) in [6.07, 6.45) is 1.65. The van der Waals surface area contributed by atoms with Gasteiger partial charge in [0.15, 0.2) is 0 Å². The van der Waals surface area contributed by atoms with Crippen molar-refractivity contribution in [3.05, 3.63) is 161 Å². The zero-order chi connectivity index (χ0) is 32.3. The van der Waals surface area contributed by atoms with Gasteiger partial charge in [-0.3, -0.25) is 14.4 Å². The minimum absolute atomic E-state index is 0.107. The van der Waals surface area contributed by atoms with E-state index in [1.165, 1.54) is 11.8 Å². The highest BCUT2D eigenvalue weighted by Gasteiger charge is 2.23. The summed E-state index contributed by atoms with van der Waals surface area (Å²) in [4.78, 5) is 40.8. The number of thioether (sulfide) groups is 1. The molecule has 0 spiro atoms. The molecule has 0 aliphatic rings. The first kappa shape index (κ1) is 31.8. The molecule has 0 saturated carbocycles. The Hall–Kier alpha value is -5.60. The molecule has 3 amide bonds. The van der Waals surface area contributed by atoms with Crippen LogP contribution in [0, 0.1) is 6.92 Å². The summed E-state index contributed by atoms with van der Waals surface area (Å²) in [5.74, 6) is -0.481. The average Bonchev–Trinajstić information content (AvgIpc) is 3.08. The average molecular weight is 628 g/mol. The fourth-order valence-electron chi connectivity index (χ4n) is 4.67. The maximum absolute atomic E-state index is 13.5. The summed E-state index contributed by atoms with van der Waals surface area (Å²) in [5, 5.41) is 8.11. The van der Waals surface area contributed by atoms with Crippen LogP contribution in [0.1, 0.15) is 32.3 Å². The van der Waals surface area contributed by atoms with Gasteiger partial charge >= 0.3 is 0 Å². The standard InChI is InChI=1S/C38H33N3O4S/c1-26-12-11-13-27(24-26)25-33(41-36(42)29-16-7-4-8-17-29)37(43)39-30-20-22-31(23-21-30)46-35(28-14-5-3-6-15-28)38(44)40-32-18-9-10-19-34(32)45-2/h3-25,35H,1-2H3,(H,39,43)(H,40,44)(H,41,42)/b33-25-. The molecule has 7 nitrogen and oxygen atoms in total. The maximum atomic E-state index is 13.5. The van der Waals surface area contributed by atoms with E-state index < -0.39 is 11.2 Å². The molecule has 1 atom stereocenters. The second-order valence-electron chi connectivity index (χ2n) is 10.4. The van der Waals surface area contributed by atoms with Crippen molar-refractivity contribution in [2.24, 2.45) is 0 Å². The molecule has 1 unspecified atom stereocenters. The number of hydrogen-bond donors (Lipinski definition) is 3. The Morgan fingerprint density at radius 1 is 0.739 bits per heavy atom. The second kappa shape index (κ2) is 15.4. The van der Waals surface area contributed by atoms with Gasteiger partial charge in [-0.15, -0.1) is 11.8 Å². The quantitative estimate of drug-likeness (QED) is 0.102. The van der Waals surface area contributed by atoms with Crippen LogP contribution >= 0.6 is 11.8 Å². The molecule has 0 heterocycles. The van der Waals surface area contributed by atoms with Crippen LogP contribution in [0.15, 0.2) is 144 Å². The van der Waals surface area contributed by atoms with Gasteiger partial charge in [-0.25, -0.2) is 0 Å². The number of amides is 3. The molecule has 46 heavy (non-hydrogen) atoms. The third-order valence-electron chi connectivity index (χ3n) is 6.95. The zero-order valence-electron chi connectivity index (χ0n) is 25.4. The van der Waals surface area contributed by atoms with Crippen LogP contribution in [0.4, 0.5) is 11.4 Å². The molecule has 8 heteroatoms. The van der Waals surface area contributed by atoms with Crippen molar-refractivity contribution in [3.8, 4) is 5.75 Å². The lowest BCUT2D eigenvalue weighted by Gasteiger charge is -2.18. The molecule has 0 radical (unpaired) electrons. The Kier molecular flexibility index (Phi) is 10.7. The molecule has 0 bridgehead atoms. The van der Waals surface area contributed by atoms with E-state index in [2.05, 4.69) is 16.0 Å². The van der Waals surface area contributed by atoms with E-state index >= 15 is 0 Å². The summed E-state index contributed by atoms with van der Waals surface area (Å²) in [6.45, 7) is 1.96. The van der Waals surface area contributed by atoms with Crippen LogP contribution < -0.4 is 20.7 Å². The maximum Gasteiger partial charge on any atom is 0.272 e. The lowest BCUT2D eigenvalue weighted by molar-refractivity contribution is -0.116. The topological polar surface area (TPSA) is 96.5 Å². The minimum atomic E-state index is -0.552. The summed E-state index contributed by atoms with van der Waals surface area (Å²) in [5.41, 5.74) is 4.32. The Bertz CT molecular complexity index is 1840. The fraction of sp³-hybridized carbons (Fsp3) is 0.0789. The van der Waals surface area contributed by atoms with Crippen LogP contribution in [-0.2, 0) is 9.59 Å². The van der Waals surface area contributed by atoms with E-state index in [1.807, 2.05) is 91.9 Å². The van der Waals surface area contributed by atoms with Crippen LogP contribution in [-0.4, -0.2) is 24.8 Å². The Labute approximate surface area is 272 Å². The van der Waals surface area contributed by atoms with Gasteiger partial charge in [-0.1, -0.05) is 90.5 Å². The molecule has 5 aromatic carbocycles. The van der Waals surface area contributed by atoms with Gasteiger partial charge in [0.1, 0.15) is 16.7 Å². The number of carbonyl (C=O) groups is 3. The number of aryl methyl sites for hydroxylation is 1. The predicted molar refractivity (Wildman–Crippen MR) is 185 cm³/mol. The van der Waals surface area contributed by atoms with Gasteiger partial charge in [-0.2, -0.15) is 0 Å². The van der Waals surface area contributed by atoms with E-state index in [0.29, 0.717) is 22.7 Å². The molecular weight excluding hydrogens is 595 g/mol. The highest BCUT2D eigenvalue weighted by Crippen LogP contribution is 2.37. The van der Waals surface area contributed by atoms with Crippen LogP contribution in [0.25, 0.3) is 6.08 Å². The Balaban J connectivity index is 1.33. The van der Waals surface area contributed by atoms with Crippen molar-refractivity contribution in [2.45, 2.75) is 17.1 Å². The molecule has 0 aromatic heterocycles. The number of ether oxygens (including phenoxy) is 1. The highest BCUT2D eigenvalue weighted by atomic mass is 32.2. The number of anilines is 2. The normalized spacial score (nSPS) is 11.7. The minimum Gasteiger partial charge on any atom is -0.495 e.